The number of carbonyl (C=O) groups is 1. The number of benzene rings is 1. The Bertz CT molecular complexity index is 692. The predicted octanol–water partition coefficient (Wildman–Crippen LogP) is 1.92. The summed E-state index contributed by atoms with van der Waals surface area (Å²) in [6.07, 6.45) is 1.66. The van der Waals surface area contributed by atoms with E-state index in [1.165, 1.54) is 0 Å². The molecule has 0 radical (unpaired) electrons. The Kier molecular flexibility index (Phi) is 3.33. The third-order valence-corrected chi connectivity index (χ3v) is 3.91. The summed E-state index contributed by atoms with van der Waals surface area (Å²) in [6.45, 7) is 5.33. The average Bonchev–Trinajstić information content (AvgIpc) is 2.40. The van der Waals surface area contributed by atoms with Crippen molar-refractivity contribution in [2.45, 2.75) is 19.8 Å². The molecule has 0 bridgehead atoms. The van der Waals surface area contributed by atoms with Crippen LogP contribution < -0.4 is 5.73 Å². The van der Waals surface area contributed by atoms with E-state index in [-0.39, 0.29) is 17.8 Å². The highest BCUT2D eigenvalue weighted by atomic mass is 16.2. The van der Waals surface area contributed by atoms with Crippen LogP contribution in [0.3, 0.4) is 0 Å². The molecule has 5 heteroatoms. The van der Waals surface area contributed by atoms with Gasteiger partial charge in [-0.3, -0.25) is 4.79 Å². The number of anilines is 1. The maximum absolute atomic E-state index is 12.5. The average molecular weight is 282 g/mol. The Hall–Kier alpha value is -2.43. The molecule has 0 unspecified atom stereocenters. The zero-order valence-corrected chi connectivity index (χ0v) is 12.2. The fourth-order valence-electron chi connectivity index (χ4n) is 2.58. The Labute approximate surface area is 123 Å². The van der Waals surface area contributed by atoms with Crippen LogP contribution in [0.2, 0.25) is 0 Å². The van der Waals surface area contributed by atoms with E-state index in [9.17, 15) is 4.79 Å². The number of hydrogen-bond donors (Lipinski definition) is 1. The fraction of sp³-hybridized carbons (Fsp3) is 0.312. The van der Waals surface area contributed by atoms with Crippen LogP contribution >= 0.6 is 0 Å². The molecule has 5 nitrogen and oxygen atoms in total. The van der Waals surface area contributed by atoms with Gasteiger partial charge < -0.3 is 10.6 Å². The fourth-order valence-corrected chi connectivity index (χ4v) is 2.58. The second-order valence-corrected chi connectivity index (χ2v) is 5.57. The summed E-state index contributed by atoms with van der Waals surface area (Å²) in [6, 6.07) is 7.83. The van der Waals surface area contributed by atoms with Crippen molar-refractivity contribution in [2.75, 3.05) is 18.8 Å². The third-order valence-electron chi connectivity index (χ3n) is 3.91. The lowest BCUT2D eigenvalue weighted by molar-refractivity contribution is 0.0598. The second-order valence-electron chi connectivity index (χ2n) is 5.57. The lowest BCUT2D eigenvalue weighted by atomic mass is 9.94. The van der Waals surface area contributed by atoms with E-state index in [4.69, 9.17) is 5.73 Å². The number of aromatic nitrogens is 2. The molecule has 0 aliphatic carbocycles. The minimum atomic E-state index is 0.0921. The molecule has 0 spiro atoms. The number of likely N-dealkylation sites (tertiary alicyclic amines) is 1. The van der Waals surface area contributed by atoms with Crippen LogP contribution in [0.25, 0.3) is 0 Å². The summed E-state index contributed by atoms with van der Waals surface area (Å²) in [5.41, 5.74) is 9.41. The number of nitrogen functional groups attached to an aromatic ring is 1. The molecule has 1 aromatic heterocycles. The van der Waals surface area contributed by atoms with Crippen molar-refractivity contribution in [1.29, 1.82) is 0 Å². The van der Waals surface area contributed by atoms with E-state index in [0.29, 0.717) is 13.1 Å². The van der Waals surface area contributed by atoms with Crippen molar-refractivity contribution in [1.82, 2.24) is 14.9 Å². The molecule has 108 valence electrons. The van der Waals surface area contributed by atoms with E-state index in [1.807, 2.05) is 43.0 Å². The molecular weight excluding hydrogens is 264 g/mol. The number of hydrogen-bond acceptors (Lipinski definition) is 4. The normalized spacial score (nSPS) is 14.9. The molecule has 1 fully saturated rings. The monoisotopic (exact) mass is 282 g/mol. The van der Waals surface area contributed by atoms with Crippen LogP contribution in [-0.2, 0) is 0 Å². The lowest BCUT2D eigenvalue weighted by Gasteiger charge is -2.39. The Morgan fingerprint density at radius 3 is 2.76 bits per heavy atom. The minimum absolute atomic E-state index is 0.0921. The minimum Gasteiger partial charge on any atom is -0.368 e. The predicted molar refractivity (Wildman–Crippen MR) is 81.0 cm³/mol. The van der Waals surface area contributed by atoms with E-state index in [1.54, 1.807) is 6.20 Å². The van der Waals surface area contributed by atoms with Gasteiger partial charge in [0.05, 0.1) is 5.69 Å². The van der Waals surface area contributed by atoms with Crippen molar-refractivity contribution in [2.24, 2.45) is 0 Å². The number of carbonyl (C=O) groups excluding carboxylic acids is 1. The molecule has 0 saturated carbocycles. The number of rotatable bonds is 2. The number of aryl methyl sites for hydroxylation is 2. The first kappa shape index (κ1) is 13.5. The molecule has 2 aromatic rings. The Morgan fingerprint density at radius 2 is 2.05 bits per heavy atom. The summed E-state index contributed by atoms with van der Waals surface area (Å²) < 4.78 is 0. The van der Waals surface area contributed by atoms with E-state index in [2.05, 4.69) is 9.97 Å². The standard InChI is InChI=1S/C16H18N4O/c1-10-3-4-11(2)13(7-10)15(21)20-8-12(9-20)14-5-6-18-16(17)19-14/h3-7,12H,8-9H2,1-2H3,(H2,17,18,19). The van der Waals surface area contributed by atoms with Gasteiger partial charge in [0.1, 0.15) is 0 Å². The van der Waals surface area contributed by atoms with Gasteiger partial charge in [-0.2, -0.15) is 0 Å². The van der Waals surface area contributed by atoms with Crippen molar-refractivity contribution in [3.8, 4) is 0 Å². The van der Waals surface area contributed by atoms with Gasteiger partial charge >= 0.3 is 0 Å². The van der Waals surface area contributed by atoms with Crippen LogP contribution in [-0.4, -0.2) is 33.9 Å². The highest BCUT2D eigenvalue weighted by Crippen LogP contribution is 2.28. The van der Waals surface area contributed by atoms with Crippen LogP contribution in [0.1, 0.15) is 33.1 Å². The third kappa shape index (κ3) is 2.59. The maximum atomic E-state index is 12.5. The van der Waals surface area contributed by atoms with Gasteiger partial charge in [0, 0.05) is 30.8 Å². The van der Waals surface area contributed by atoms with Gasteiger partial charge in [-0.05, 0) is 31.5 Å². The summed E-state index contributed by atoms with van der Waals surface area (Å²) in [4.78, 5) is 22.5. The van der Waals surface area contributed by atoms with Crippen molar-refractivity contribution >= 4 is 11.9 Å². The van der Waals surface area contributed by atoms with Gasteiger partial charge in [0.15, 0.2) is 0 Å². The Balaban J connectivity index is 1.71. The summed E-state index contributed by atoms with van der Waals surface area (Å²) in [5, 5.41) is 0. The molecule has 1 amide bonds. The topological polar surface area (TPSA) is 72.1 Å². The van der Waals surface area contributed by atoms with E-state index >= 15 is 0 Å². The van der Waals surface area contributed by atoms with Crippen molar-refractivity contribution in [3.05, 3.63) is 52.8 Å². The first-order valence-corrected chi connectivity index (χ1v) is 6.99. The molecule has 1 saturated heterocycles. The molecule has 2 N–H and O–H groups in total. The van der Waals surface area contributed by atoms with Gasteiger partial charge in [-0.1, -0.05) is 17.7 Å². The van der Waals surface area contributed by atoms with Crippen molar-refractivity contribution in [3.63, 3.8) is 0 Å². The van der Waals surface area contributed by atoms with E-state index in [0.717, 1.165) is 22.4 Å². The molecule has 0 atom stereocenters. The lowest BCUT2D eigenvalue weighted by Crippen LogP contribution is -2.49. The molecule has 3 rings (SSSR count). The van der Waals surface area contributed by atoms with Crippen molar-refractivity contribution < 1.29 is 4.79 Å². The summed E-state index contributed by atoms with van der Waals surface area (Å²) in [5.74, 6) is 0.630. The van der Waals surface area contributed by atoms with Crippen LogP contribution in [0.15, 0.2) is 30.5 Å². The number of nitrogens with two attached hydrogens (primary N) is 1. The summed E-state index contributed by atoms with van der Waals surface area (Å²) in [7, 11) is 0. The first-order valence-electron chi connectivity index (χ1n) is 6.99. The largest absolute Gasteiger partial charge is 0.368 e. The quantitative estimate of drug-likeness (QED) is 0.913. The van der Waals surface area contributed by atoms with Crippen LogP contribution in [0.4, 0.5) is 5.95 Å². The number of amides is 1. The highest BCUT2D eigenvalue weighted by Gasteiger charge is 2.33. The zero-order valence-electron chi connectivity index (χ0n) is 12.2. The molecule has 2 heterocycles. The smallest absolute Gasteiger partial charge is 0.254 e. The zero-order chi connectivity index (χ0) is 15.0. The number of nitrogens with zero attached hydrogens (tertiary/aromatic N) is 3. The molecule has 1 aliphatic rings. The van der Waals surface area contributed by atoms with Gasteiger partial charge in [0.2, 0.25) is 5.95 Å². The van der Waals surface area contributed by atoms with Gasteiger partial charge in [0.25, 0.3) is 5.91 Å². The van der Waals surface area contributed by atoms with Gasteiger partial charge in [-0.25, -0.2) is 9.97 Å². The SMILES string of the molecule is Cc1ccc(C)c(C(=O)N2CC(c3ccnc(N)n3)C2)c1. The highest BCUT2D eigenvalue weighted by molar-refractivity contribution is 5.96. The van der Waals surface area contributed by atoms with E-state index < -0.39 is 0 Å². The first-order chi connectivity index (χ1) is 10.0. The molecule has 1 aliphatic heterocycles. The maximum Gasteiger partial charge on any atom is 0.254 e. The van der Waals surface area contributed by atoms with Crippen LogP contribution in [0, 0.1) is 13.8 Å². The molecule has 21 heavy (non-hydrogen) atoms. The van der Waals surface area contributed by atoms with Gasteiger partial charge in [-0.15, -0.1) is 0 Å². The molecule has 1 aromatic carbocycles. The van der Waals surface area contributed by atoms with Crippen LogP contribution in [0.5, 0.6) is 0 Å². The molecular formula is C16H18N4O. The summed E-state index contributed by atoms with van der Waals surface area (Å²) >= 11 is 0. The second kappa shape index (κ2) is 5.16. The Morgan fingerprint density at radius 1 is 1.29 bits per heavy atom.